The Labute approximate surface area is 116 Å². The quantitative estimate of drug-likeness (QED) is 0.826. The molecule has 0 aliphatic carbocycles. The van der Waals surface area contributed by atoms with Gasteiger partial charge in [0.05, 0.1) is 12.6 Å². The summed E-state index contributed by atoms with van der Waals surface area (Å²) in [4.78, 5) is 4.34. The van der Waals surface area contributed by atoms with Crippen LogP contribution >= 0.6 is 11.3 Å². The number of hydrogen-bond acceptors (Lipinski definition) is 4. The largest absolute Gasteiger partial charge is 0.383 e. The van der Waals surface area contributed by atoms with Gasteiger partial charge in [-0.15, -0.1) is 11.3 Å². The van der Waals surface area contributed by atoms with Crippen molar-refractivity contribution in [3.8, 4) is 0 Å². The number of halogens is 1. The van der Waals surface area contributed by atoms with Crippen molar-refractivity contribution in [2.45, 2.75) is 13.0 Å². The number of aryl methyl sites for hydroxylation is 1. The molecule has 1 aromatic carbocycles. The average molecular weight is 280 g/mol. The number of hydrogen-bond donors (Lipinski definition) is 1. The van der Waals surface area contributed by atoms with Crippen molar-refractivity contribution in [2.75, 3.05) is 20.3 Å². The molecule has 1 unspecified atom stereocenters. The Morgan fingerprint density at radius 3 is 3.00 bits per heavy atom. The van der Waals surface area contributed by atoms with Gasteiger partial charge in [0.25, 0.3) is 0 Å². The van der Waals surface area contributed by atoms with E-state index in [1.807, 2.05) is 12.3 Å². The van der Waals surface area contributed by atoms with E-state index in [2.05, 4.69) is 10.3 Å². The third-order valence-corrected chi connectivity index (χ3v) is 3.75. The first kappa shape index (κ1) is 14.1. The molecule has 1 aromatic heterocycles. The number of benzene rings is 1. The maximum Gasteiger partial charge on any atom is 0.123 e. The first-order valence-corrected chi connectivity index (χ1v) is 6.98. The molecule has 0 saturated carbocycles. The number of nitrogens with zero attached hydrogens (tertiary/aromatic N) is 1. The molecule has 1 heterocycles. The smallest absolute Gasteiger partial charge is 0.123 e. The average Bonchev–Trinajstić information content (AvgIpc) is 2.92. The summed E-state index contributed by atoms with van der Waals surface area (Å²) in [7, 11) is 1.66. The minimum atomic E-state index is -0.226. The Balaban J connectivity index is 2.28. The highest BCUT2D eigenvalue weighted by Crippen LogP contribution is 2.26. The maximum atomic E-state index is 13.5. The van der Waals surface area contributed by atoms with Gasteiger partial charge < -0.3 is 10.1 Å². The minimum absolute atomic E-state index is 0.0918. The van der Waals surface area contributed by atoms with Crippen molar-refractivity contribution in [3.63, 3.8) is 0 Å². The van der Waals surface area contributed by atoms with Crippen molar-refractivity contribution >= 4 is 11.3 Å². The maximum absolute atomic E-state index is 13.5. The van der Waals surface area contributed by atoms with Crippen LogP contribution in [0.4, 0.5) is 4.39 Å². The van der Waals surface area contributed by atoms with Gasteiger partial charge in [-0.25, -0.2) is 9.37 Å². The molecule has 0 bridgehead atoms. The molecule has 1 N–H and O–H groups in total. The first-order chi connectivity index (χ1) is 9.22. The molecular formula is C14H17FN2OS. The molecule has 0 amide bonds. The van der Waals surface area contributed by atoms with Gasteiger partial charge in [0.1, 0.15) is 10.8 Å². The van der Waals surface area contributed by atoms with Gasteiger partial charge in [-0.1, -0.05) is 6.07 Å². The summed E-state index contributed by atoms with van der Waals surface area (Å²) >= 11 is 1.56. The van der Waals surface area contributed by atoms with Gasteiger partial charge in [-0.05, 0) is 30.2 Å². The molecule has 2 aromatic rings. The lowest BCUT2D eigenvalue weighted by Gasteiger charge is -2.19. The molecule has 0 spiro atoms. The van der Waals surface area contributed by atoms with Crippen molar-refractivity contribution in [2.24, 2.45) is 0 Å². The van der Waals surface area contributed by atoms with Crippen LogP contribution in [0.1, 0.15) is 22.2 Å². The van der Waals surface area contributed by atoms with Crippen LogP contribution in [-0.2, 0) is 4.74 Å². The number of methoxy groups -OCH3 is 1. The lowest BCUT2D eigenvalue weighted by molar-refractivity contribution is 0.197. The van der Waals surface area contributed by atoms with Gasteiger partial charge in [-0.2, -0.15) is 0 Å². The highest BCUT2D eigenvalue weighted by atomic mass is 32.1. The summed E-state index contributed by atoms with van der Waals surface area (Å²) in [5.74, 6) is -0.226. The van der Waals surface area contributed by atoms with Gasteiger partial charge >= 0.3 is 0 Å². The van der Waals surface area contributed by atoms with Gasteiger partial charge in [0.2, 0.25) is 0 Å². The Kier molecular flexibility index (Phi) is 5.01. The summed E-state index contributed by atoms with van der Waals surface area (Å²) in [6.45, 7) is 3.28. The minimum Gasteiger partial charge on any atom is -0.383 e. The summed E-state index contributed by atoms with van der Waals surface area (Å²) < 4.78 is 18.5. The van der Waals surface area contributed by atoms with E-state index in [-0.39, 0.29) is 11.9 Å². The van der Waals surface area contributed by atoms with Crippen LogP contribution in [0.2, 0.25) is 0 Å². The topological polar surface area (TPSA) is 34.1 Å². The molecule has 3 nitrogen and oxygen atoms in total. The van der Waals surface area contributed by atoms with E-state index in [1.165, 1.54) is 6.07 Å². The normalized spacial score (nSPS) is 12.6. The number of ether oxygens (including phenoxy) is 1. The fraction of sp³-hybridized carbons (Fsp3) is 0.357. The van der Waals surface area contributed by atoms with E-state index in [0.29, 0.717) is 13.2 Å². The molecule has 102 valence electrons. The fourth-order valence-electron chi connectivity index (χ4n) is 1.93. The van der Waals surface area contributed by atoms with E-state index >= 15 is 0 Å². The molecule has 0 saturated heterocycles. The lowest BCUT2D eigenvalue weighted by Crippen LogP contribution is -2.26. The van der Waals surface area contributed by atoms with E-state index < -0.39 is 0 Å². The highest BCUT2D eigenvalue weighted by molar-refractivity contribution is 7.09. The fourth-order valence-corrected chi connectivity index (χ4v) is 2.66. The van der Waals surface area contributed by atoms with Gasteiger partial charge in [0, 0.05) is 25.2 Å². The standard InChI is InChI=1S/C14H17FN2OS/c1-10-3-4-11(15)9-12(10)13(16-5-7-18-2)14-17-6-8-19-14/h3-4,6,8-9,13,16H,5,7H2,1-2H3. The third kappa shape index (κ3) is 3.59. The molecule has 0 aliphatic rings. The van der Waals surface area contributed by atoms with Crippen LogP contribution in [0, 0.1) is 12.7 Å². The van der Waals surface area contributed by atoms with Crippen molar-refractivity contribution in [1.29, 1.82) is 0 Å². The zero-order valence-electron chi connectivity index (χ0n) is 11.0. The van der Waals surface area contributed by atoms with Crippen LogP contribution < -0.4 is 5.32 Å². The predicted octanol–water partition coefficient (Wildman–Crippen LogP) is 2.92. The Morgan fingerprint density at radius 2 is 2.32 bits per heavy atom. The summed E-state index contributed by atoms with van der Waals surface area (Å²) in [5, 5.41) is 6.22. The molecule has 2 rings (SSSR count). The molecular weight excluding hydrogens is 263 g/mol. The Bertz CT molecular complexity index is 516. The number of nitrogens with one attached hydrogen (secondary N) is 1. The summed E-state index contributed by atoms with van der Waals surface area (Å²) in [5.41, 5.74) is 1.97. The third-order valence-electron chi connectivity index (χ3n) is 2.91. The monoisotopic (exact) mass is 280 g/mol. The molecule has 0 radical (unpaired) electrons. The number of thiazole rings is 1. The lowest BCUT2D eigenvalue weighted by atomic mass is 10.0. The summed E-state index contributed by atoms with van der Waals surface area (Å²) in [6, 6.07) is 4.75. The van der Waals surface area contributed by atoms with Crippen molar-refractivity contribution < 1.29 is 9.13 Å². The molecule has 1 atom stereocenters. The second kappa shape index (κ2) is 6.75. The van der Waals surface area contributed by atoms with E-state index in [4.69, 9.17) is 4.74 Å². The molecule has 5 heteroatoms. The van der Waals surface area contributed by atoms with Crippen molar-refractivity contribution in [3.05, 3.63) is 51.7 Å². The van der Waals surface area contributed by atoms with E-state index in [0.717, 1.165) is 16.1 Å². The second-order valence-electron chi connectivity index (χ2n) is 4.25. The Morgan fingerprint density at radius 1 is 1.47 bits per heavy atom. The SMILES string of the molecule is COCCNC(c1nccs1)c1cc(F)ccc1C. The summed E-state index contributed by atoms with van der Waals surface area (Å²) in [6.07, 6.45) is 1.76. The van der Waals surface area contributed by atoms with Crippen LogP contribution in [-0.4, -0.2) is 25.2 Å². The van der Waals surface area contributed by atoms with Crippen LogP contribution in [0.25, 0.3) is 0 Å². The zero-order chi connectivity index (χ0) is 13.7. The van der Waals surface area contributed by atoms with Crippen LogP contribution in [0.15, 0.2) is 29.8 Å². The zero-order valence-corrected chi connectivity index (χ0v) is 11.8. The van der Waals surface area contributed by atoms with Crippen LogP contribution in [0.3, 0.4) is 0 Å². The molecule has 0 fully saturated rings. The van der Waals surface area contributed by atoms with Crippen LogP contribution in [0.5, 0.6) is 0 Å². The second-order valence-corrected chi connectivity index (χ2v) is 5.18. The van der Waals surface area contributed by atoms with Gasteiger partial charge in [0.15, 0.2) is 0 Å². The van der Waals surface area contributed by atoms with E-state index in [9.17, 15) is 4.39 Å². The number of rotatable bonds is 6. The number of aromatic nitrogens is 1. The van der Waals surface area contributed by atoms with E-state index in [1.54, 1.807) is 36.8 Å². The van der Waals surface area contributed by atoms with Crippen molar-refractivity contribution in [1.82, 2.24) is 10.3 Å². The highest BCUT2D eigenvalue weighted by Gasteiger charge is 2.18. The first-order valence-electron chi connectivity index (χ1n) is 6.10. The van der Waals surface area contributed by atoms with Gasteiger partial charge in [-0.3, -0.25) is 0 Å². The predicted molar refractivity (Wildman–Crippen MR) is 75.0 cm³/mol. The Hall–Kier alpha value is -1.30. The molecule has 0 aliphatic heterocycles. The molecule has 19 heavy (non-hydrogen) atoms.